The lowest BCUT2D eigenvalue weighted by molar-refractivity contribution is 1.03. The van der Waals surface area contributed by atoms with E-state index in [0.29, 0.717) is 0 Å². The van der Waals surface area contributed by atoms with E-state index in [1.165, 1.54) is 72.6 Å². The Bertz CT molecular complexity index is 3300. The number of allylic oxidation sites excluding steroid dienone is 14. The lowest BCUT2D eigenvalue weighted by Crippen LogP contribution is -2.20. The van der Waals surface area contributed by atoms with Crippen LogP contribution in [0.15, 0.2) is 271 Å². The molecule has 0 unspecified atom stereocenters. The van der Waals surface area contributed by atoms with E-state index in [-0.39, 0.29) is 0 Å². The molecule has 0 atom stereocenters. The summed E-state index contributed by atoms with van der Waals surface area (Å²) in [5.41, 5.74) is 24.8. The lowest BCUT2D eigenvalue weighted by Gasteiger charge is -2.28. The topological polar surface area (TPSA) is 9.72 Å². The van der Waals surface area contributed by atoms with Crippen molar-refractivity contribution in [3.05, 3.63) is 299 Å². The van der Waals surface area contributed by atoms with E-state index in [1.807, 2.05) is 0 Å². The van der Waals surface area contributed by atoms with Gasteiger partial charge in [0.2, 0.25) is 0 Å². The van der Waals surface area contributed by atoms with E-state index in [4.69, 9.17) is 0 Å². The van der Waals surface area contributed by atoms with Crippen LogP contribution in [0.2, 0.25) is 0 Å². The van der Waals surface area contributed by atoms with Crippen LogP contribution in [0.4, 0.5) is 34.1 Å². The Balaban J connectivity index is 1.09. The Morgan fingerprint density at radius 1 is 0.500 bits per heavy atom. The number of benzene rings is 7. The van der Waals surface area contributed by atoms with Gasteiger partial charge in [0.05, 0.1) is 0 Å². The predicted molar refractivity (Wildman–Crippen MR) is 320 cm³/mol. The van der Waals surface area contributed by atoms with Crippen molar-refractivity contribution in [1.82, 2.24) is 0 Å². The molecule has 368 valence electrons. The Labute approximate surface area is 441 Å². The minimum Gasteiger partial charge on any atom is -0.314 e. The number of rotatable bonds is 16. The molecule has 0 aromatic heterocycles. The molecule has 9 rings (SSSR count). The molecule has 0 N–H and O–H groups in total. The molecule has 0 spiro atoms. The van der Waals surface area contributed by atoms with Crippen LogP contribution in [-0.4, -0.2) is 0 Å². The fourth-order valence-corrected chi connectivity index (χ4v) is 9.56. The number of hydrogen-bond donors (Lipinski definition) is 0. The molecule has 3 heteroatoms. The Hall–Kier alpha value is -8.40. The van der Waals surface area contributed by atoms with Crippen molar-refractivity contribution in [3.8, 4) is 22.3 Å². The first kappa shape index (κ1) is 50.5. The van der Waals surface area contributed by atoms with Gasteiger partial charge in [-0.25, -0.2) is 0 Å². The van der Waals surface area contributed by atoms with Gasteiger partial charge in [-0.3, -0.25) is 0 Å². The lowest BCUT2D eigenvalue weighted by atomic mass is 9.93. The quantitative estimate of drug-likeness (QED) is 0.0706. The molecule has 0 amide bonds. The normalized spacial score (nSPS) is 13.6. The minimum atomic E-state index is 0.780. The van der Waals surface area contributed by atoms with Gasteiger partial charge in [0.1, 0.15) is 0 Å². The third kappa shape index (κ3) is 12.4. The average Bonchev–Trinajstić information content (AvgIpc) is 3.77. The Morgan fingerprint density at radius 3 is 1.55 bits per heavy atom. The highest BCUT2D eigenvalue weighted by Crippen LogP contribution is 2.38. The van der Waals surface area contributed by atoms with Gasteiger partial charge in [-0.05, 0) is 198 Å². The maximum atomic E-state index is 4.56. The number of anilines is 6. The third-order valence-corrected chi connectivity index (χ3v) is 14.0. The summed E-state index contributed by atoms with van der Waals surface area (Å²) >= 11 is 0. The maximum Gasteiger partial charge on any atom is 0.0461 e. The summed E-state index contributed by atoms with van der Waals surface area (Å²) in [5, 5.41) is 0. The standard InChI is InChI=1S/C71H69N3/c1-9-51(2)13-10-16-57(8)72(66-35-21-54(5)22-36-66)67-43-29-60(30-44-67)62-48-59(47-58-27-41-70(42-28-58)74(68-37-23-55(6)24-38-68)69-39-25-56(7)26-40-69)49-63(50-62)61-31-45-71(46-32-61)73(64-17-11-14-52(3)19-33-64)65-18-12-15-53(4)20-34-65/h9-11,14-16,18-46,48-50H,8,12-13,17,47H2,1-7H3/b16-10-,51-9-. The van der Waals surface area contributed by atoms with Crippen molar-refractivity contribution >= 4 is 34.1 Å². The van der Waals surface area contributed by atoms with E-state index in [0.717, 1.165) is 71.1 Å². The number of hydrogen-bond acceptors (Lipinski definition) is 3. The van der Waals surface area contributed by atoms with Crippen molar-refractivity contribution in [1.29, 1.82) is 0 Å². The minimum absolute atomic E-state index is 0.780. The zero-order valence-electron chi connectivity index (χ0n) is 44.3. The summed E-state index contributed by atoms with van der Waals surface area (Å²) in [6.45, 7) is 19.6. The van der Waals surface area contributed by atoms with Crippen molar-refractivity contribution in [2.45, 2.75) is 74.1 Å². The summed E-state index contributed by atoms with van der Waals surface area (Å²) in [6, 6.07) is 60.6. The van der Waals surface area contributed by atoms with Gasteiger partial charge in [0, 0.05) is 57.6 Å². The molecule has 3 nitrogen and oxygen atoms in total. The van der Waals surface area contributed by atoms with Gasteiger partial charge < -0.3 is 14.7 Å². The molecule has 0 saturated heterocycles. The van der Waals surface area contributed by atoms with Crippen LogP contribution in [0.1, 0.15) is 74.8 Å². The number of aryl methyl sites for hydroxylation is 3. The van der Waals surface area contributed by atoms with E-state index in [2.05, 4.69) is 300 Å². The van der Waals surface area contributed by atoms with Crippen LogP contribution >= 0.6 is 0 Å². The first-order valence-corrected chi connectivity index (χ1v) is 26.1. The molecule has 7 aromatic rings. The predicted octanol–water partition coefficient (Wildman–Crippen LogP) is 20.0. The monoisotopic (exact) mass is 964 g/mol. The molecule has 2 aliphatic carbocycles. The SMILES string of the molecule is C=C(/C=C\C/C(C)=C\C)N(c1ccc(C)cc1)c1ccc(-c2cc(Cc3ccc(N(c4ccc(C)cc4)c4ccc(C)cc4)cc3)cc(-c3ccc(N(C4=CCC=C(C)C=C4)C4=CC=C(C)C=CC4)cc3)c2)cc1. The fourth-order valence-electron chi connectivity index (χ4n) is 9.56. The van der Waals surface area contributed by atoms with Crippen molar-refractivity contribution in [3.63, 3.8) is 0 Å². The number of nitrogens with zero attached hydrogens (tertiary/aromatic N) is 3. The molecule has 0 radical (unpaired) electrons. The average molecular weight is 964 g/mol. The summed E-state index contributed by atoms with van der Waals surface area (Å²) in [4.78, 5) is 7.01. The summed E-state index contributed by atoms with van der Waals surface area (Å²) < 4.78 is 0. The molecule has 0 heterocycles. The molecular weight excluding hydrogens is 895 g/mol. The Morgan fingerprint density at radius 2 is 1.00 bits per heavy atom. The largest absolute Gasteiger partial charge is 0.314 e. The highest BCUT2D eigenvalue weighted by atomic mass is 15.2. The second kappa shape index (κ2) is 23.4. The van der Waals surface area contributed by atoms with Crippen molar-refractivity contribution in [2.75, 3.05) is 14.7 Å². The van der Waals surface area contributed by atoms with Crippen molar-refractivity contribution in [2.24, 2.45) is 0 Å². The van der Waals surface area contributed by atoms with Crippen LogP contribution in [0.3, 0.4) is 0 Å². The van der Waals surface area contributed by atoms with Crippen LogP contribution < -0.4 is 14.7 Å². The van der Waals surface area contributed by atoms with Gasteiger partial charge in [0.25, 0.3) is 0 Å². The second-order valence-electron chi connectivity index (χ2n) is 19.9. The van der Waals surface area contributed by atoms with E-state index in [1.54, 1.807) is 0 Å². The fraction of sp³-hybridized carbons (Fsp3) is 0.155. The van der Waals surface area contributed by atoms with Gasteiger partial charge in [-0.2, -0.15) is 0 Å². The zero-order valence-corrected chi connectivity index (χ0v) is 44.3. The van der Waals surface area contributed by atoms with E-state index in [9.17, 15) is 0 Å². The first-order chi connectivity index (χ1) is 36.0. The highest BCUT2D eigenvalue weighted by Gasteiger charge is 2.19. The van der Waals surface area contributed by atoms with E-state index < -0.39 is 0 Å². The van der Waals surface area contributed by atoms with Gasteiger partial charge in [-0.15, -0.1) is 0 Å². The molecule has 74 heavy (non-hydrogen) atoms. The second-order valence-corrected chi connectivity index (χ2v) is 19.9. The smallest absolute Gasteiger partial charge is 0.0461 e. The van der Waals surface area contributed by atoms with Crippen LogP contribution in [-0.2, 0) is 6.42 Å². The van der Waals surface area contributed by atoms with Crippen molar-refractivity contribution < 1.29 is 0 Å². The van der Waals surface area contributed by atoms with Crippen LogP contribution in [0.25, 0.3) is 22.3 Å². The molecule has 0 bridgehead atoms. The van der Waals surface area contributed by atoms with Crippen LogP contribution in [0.5, 0.6) is 0 Å². The van der Waals surface area contributed by atoms with Gasteiger partial charge in [-0.1, -0.05) is 174 Å². The summed E-state index contributed by atoms with van der Waals surface area (Å²) in [7, 11) is 0. The van der Waals surface area contributed by atoms with Crippen LogP contribution in [0, 0.1) is 20.8 Å². The molecule has 0 saturated carbocycles. The maximum absolute atomic E-state index is 4.56. The van der Waals surface area contributed by atoms with Gasteiger partial charge >= 0.3 is 0 Å². The summed E-state index contributed by atoms with van der Waals surface area (Å²) in [5.74, 6) is 0. The van der Waals surface area contributed by atoms with E-state index >= 15 is 0 Å². The molecule has 7 aromatic carbocycles. The molecule has 0 aliphatic heterocycles. The highest BCUT2D eigenvalue weighted by molar-refractivity contribution is 5.80. The molecule has 0 fully saturated rings. The Kier molecular flexibility index (Phi) is 16.0. The first-order valence-electron chi connectivity index (χ1n) is 26.1. The summed E-state index contributed by atoms with van der Waals surface area (Å²) in [6.07, 6.45) is 28.0. The molecule has 2 aliphatic rings. The molecular formula is C71H69N3. The van der Waals surface area contributed by atoms with Gasteiger partial charge in [0.15, 0.2) is 0 Å². The zero-order chi connectivity index (χ0) is 51.6. The third-order valence-electron chi connectivity index (χ3n) is 14.0.